The third-order valence-electron chi connectivity index (χ3n) is 3.43. The van der Waals surface area contributed by atoms with Crippen molar-refractivity contribution >= 4 is 0 Å². The fourth-order valence-corrected chi connectivity index (χ4v) is 2.46. The van der Waals surface area contributed by atoms with Gasteiger partial charge in [0.1, 0.15) is 12.2 Å². The largest absolute Gasteiger partial charge is 0.381 e. The van der Waals surface area contributed by atoms with Gasteiger partial charge in [-0.05, 0) is 27.3 Å². The van der Waals surface area contributed by atoms with Crippen LogP contribution in [0.2, 0.25) is 0 Å². The maximum Gasteiger partial charge on any atom is 0.138 e. The van der Waals surface area contributed by atoms with Gasteiger partial charge in [0.05, 0.1) is 6.61 Å². The maximum atomic E-state index is 5.57. The Morgan fingerprint density at radius 3 is 3.12 bits per heavy atom. The van der Waals surface area contributed by atoms with E-state index < -0.39 is 0 Å². The minimum Gasteiger partial charge on any atom is -0.381 e. The zero-order chi connectivity index (χ0) is 12.3. The first-order valence-electron chi connectivity index (χ1n) is 6.35. The molecule has 2 unspecified atom stereocenters. The Balaban J connectivity index is 2.05. The van der Waals surface area contributed by atoms with E-state index >= 15 is 0 Å². The third kappa shape index (κ3) is 2.84. The summed E-state index contributed by atoms with van der Waals surface area (Å²) in [4.78, 5) is 4.37. The first kappa shape index (κ1) is 12.5. The minimum atomic E-state index is 0.366. The van der Waals surface area contributed by atoms with Crippen molar-refractivity contribution in [1.29, 1.82) is 0 Å². The fraction of sp³-hybridized carbons (Fsp3) is 0.833. The van der Waals surface area contributed by atoms with Crippen LogP contribution in [0.1, 0.15) is 32.1 Å². The zero-order valence-electron chi connectivity index (χ0n) is 10.9. The van der Waals surface area contributed by atoms with Crippen LogP contribution in [0.25, 0.3) is 0 Å². The molecule has 1 fully saturated rings. The predicted molar refractivity (Wildman–Crippen MR) is 65.9 cm³/mol. The fourth-order valence-electron chi connectivity index (χ4n) is 2.46. The van der Waals surface area contributed by atoms with E-state index in [2.05, 4.69) is 29.2 Å². The number of ether oxygens (including phenoxy) is 1. The summed E-state index contributed by atoms with van der Waals surface area (Å²) >= 11 is 0. The molecule has 2 atom stereocenters. The van der Waals surface area contributed by atoms with Crippen molar-refractivity contribution in [3.63, 3.8) is 0 Å². The molecule has 5 heteroatoms. The quantitative estimate of drug-likeness (QED) is 0.851. The van der Waals surface area contributed by atoms with Crippen molar-refractivity contribution in [2.75, 3.05) is 20.3 Å². The molecule has 0 radical (unpaired) electrons. The number of rotatable bonds is 4. The Morgan fingerprint density at radius 2 is 2.41 bits per heavy atom. The van der Waals surface area contributed by atoms with Gasteiger partial charge in [0.25, 0.3) is 0 Å². The summed E-state index contributed by atoms with van der Waals surface area (Å²) in [6.45, 7) is 5.94. The Bertz CT molecular complexity index is 350. The normalized spacial score (nSPS) is 25.4. The Kier molecular flexibility index (Phi) is 4.12. The first-order valence-corrected chi connectivity index (χ1v) is 6.35. The first-order chi connectivity index (χ1) is 8.22. The number of hydrogen-bond acceptors (Lipinski definition) is 4. The Morgan fingerprint density at radius 1 is 1.59 bits per heavy atom. The third-order valence-corrected chi connectivity index (χ3v) is 3.43. The van der Waals surface area contributed by atoms with Crippen LogP contribution in [0.15, 0.2) is 6.33 Å². The van der Waals surface area contributed by atoms with Crippen LogP contribution in [0, 0.1) is 5.92 Å². The van der Waals surface area contributed by atoms with Crippen LogP contribution in [-0.4, -0.2) is 41.1 Å². The van der Waals surface area contributed by atoms with E-state index in [1.807, 2.05) is 11.7 Å². The van der Waals surface area contributed by atoms with Crippen LogP contribution < -0.4 is 5.32 Å². The van der Waals surface area contributed by atoms with Crippen molar-refractivity contribution in [3.8, 4) is 0 Å². The van der Waals surface area contributed by atoms with Crippen molar-refractivity contribution in [3.05, 3.63) is 12.2 Å². The van der Waals surface area contributed by atoms with Crippen LogP contribution in [-0.2, 0) is 11.2 Å². The average Bonchev–Trinajstić information content (AvgIpc) is 2.78. The predicted octanol–water partition coefficient (Wildman–Crippen LogP) is 1.03. The molecule has 2 rings (SSSR count). The van der Waals surface area contributed by atoms with E-state index in [-0.39, 0.29) is 0 Å². The number of nitrogens with one attached hydrogen (secondary N) is 1. The molecule has 1 aliphatic heterocycles. The van der Waals surface area contributed by atoms with E-state index in [1.165, 1.54) is 0 Å². The van der Waals surface area contributed by atoms with E-state index in [0.717, 1.165) is 31.9 Å². The van der Waals surface area contributed by atoms with Crippen molar-refractivity contribution in [1.82, 2.24) is 20.1 Å². The molecule has 0 saturated carbocycles. The van der Waals surface area contributed by atoms with Gasteiger partial charge in [0.2, 0.25) is 0 Å². The van der Waals surface area contributed by atoms with Crippen LogP contribution in [0.5, 0.6) is 0 Å². The van der Waals surface area contributed by atoms with Gasteiger partial charge in [0.15, 0.2) is 0 Å². The van der Waals surface area contributed by atoms with Gasteiger partial charge < -0.3 is 10.1 Å². The molecule has 0 amide bonds. The van der Waals surface area contributed by atoms with E-state index in [4.69, 9.17) is 4.74 Å². The molecule has 1 saturated heterocycles. The maximum absolute atomic E-state index is 5.57. The van der Waals surface area contributed by atoms with Gasteiger partial charge in [-0.1, -0.05) is 0 Å². The molecule has 1 aromatic heterocycles. The highest BCUT2D eigenvalue weighted by molar-refractivity contribution is 4.93. The lowest BCUT2D eigenvalue weighted by atomic mass is 9.92. The summed E-state index contributed by atoms with van der Waals surface area (Å²) in [5.74, 6) is 1.56. The molecule has 1 aliphatic rings. The van der Waals surface area contributed by atoms with Crippen LogP contribution >= 0.6 is 0 Å². The van der Waals surface area contributed by atoms with Crippen molar-refractivity contribution in [2.24, 2.45) is 5.92 Å². The summed E-state index contributed by atoms with van der Waals surface area (Å²) < 4.78 is 7.57. The van der Waals surface area contributed by atoms with Gasteiger partial charge in [-0.3, -0.25) is 0 Å². The monoisotopic (exact) mass is 238 g/mol. The van der Waals surface area contributed by atoms with Gasteiger partial charge in [-0.25, -0.2) is 9.67 Å². The SMILES string of the molecule is CNC1CCOCC1Cc1ncnn1C(C)C. The van der Waals surface area contributed by atoms with Gasteiger partial charge in [-0.2, -0.15) is 5.10 Å². The number of nitrogens with zero attached hydrogens (tertiary/aromatic N) is 3. The van der Waals surface area contributed by atoms with Crippen LogP contribution in [0.4, 0.5) is 0 Å². The molecular weight excluding hydrogens is 216 g/mol. The van der Waals surface area contributed by atoms with Gasteiger partial charge in [0, 0.05) is 31.0 Å². The highest BCUT2D eigenvalue weighted by Crippen LogP contribution is 2.19. The molecular formula is C12H22N4O. The van der Waals surface area contributed by atoms with Crippen molar-refractivity contribution < 1.29 is 4.74 Å². The Hall–Kier alpha value is -0.940. The molecule has 1 aromatic rings. The zero-order valence-corrected chi connectivity index (χ0v) is 10.9. The summed E-state index contributed by atoms with van der Waals surface area (Å²) in [6.07, 6.45) is 3.66. The minimum absolute atomic E-state index is 0.366. The molecule has 0 aromatic carbocycles. The lowest BCUT2D eigenvalue weighted by molar-refractivity contribution is 0.0330. The molecule has 0 spiro atoms. The standard InChI is InChI=1S/C12H22N4O/c1-9(2)16-12(14-8-15-16)6-10-7-17-5-4-11(10)13-3/h8-11,13H,4-7H2,1-3H3. The van der Waals surface area contributed by atoms with Crippen molar-refractivity contribution in [2.45, 2.75) is 38.8 Å². The smallest absolute Gasteiger partial charge is 0.138 e. The molecule has 0 bridgehead atoms. The second-order valence-corrected chi connectivity index (χ2v) is 4.94. The molecule has 0 aliphatic carbocycles. The lowest BCUT2D eigenvalue weighted by Gasteiger charge is -2.31. The summed E-state index contributed by atoms with van der Waals surface area (Å²) in [6, 6.07) is 0.895. The Labute approximate surface area is 103 Å². The van der Waals surface area contributed by atoms with Gasteiger partial charge >= 0.3 is 0 Å². The van der Waals surface area contributed by atoms with E-state index in [9.17, 15) is 0 Å². The summed E-state index contributed by atoms with van der Waals surface area (Å²) in [5.41, 5.74) is 0. The number of aromatic nitrogens is 3. The molecule has 5 nitrogen and oxygen atoms in total. The highest BCUT2D eigenvalue weighted by atomic mass is 16.5. The van der Waals surface area contributed by atoms with E-state index in [1.54, 1.807) is 6.33 Å². The van der Waals surface area contributed by atoms with E-state index in [0.29, 0.717) is 18.0 Å². The second-order valence-electron chi connectivity index (χ2n) is 4.94. The summed E-state index contributed by atoms with van der Waals surface area (Å²) in [5, 5.41) is 7.65. The van der Waals surface area contributed by atoms with Crippen LogP contribution in [0.3, 0.4) is 0 Å². The molecule has 17 heavy (non-hydrogen) atoms. The highest BCUT2D eigenvalue weighted by Gasteiger charge is 2.26. The lowest BCUT2D eigenvalue weighted by Crippen LogP contribution is -2.42. The van der Waals surface area contributed by atoms with Gasteiger partial charge in [-0.15, -0.1) is 0 Å². The average molecular weight is 238 g/mol. The number of hydrogen-bond donors (Lipinski definition) is 1. The molecule has 2 heterocycles. The summed E-state index contributed by atoms with van der Waals surface area (Å²) in [7, 11) is 2.02. The topological polar surface area (TPSA) is 52.0 Å². The molecule has 1 N–H and O–H groups in total. The molecule has 96 valence electrons. The second kappa shape index (κ2) is 5.60.